The van der Waals surface area contributed by atoms with E-state index in [2.05, 4.69) is 28.9 Å². The molecule has 1 aliphatic rings. The summed E-state index contributed by atoms with van der Waals surface area (Å²) < 4.78 is 0. The van der Waals surface area contributed by atoms with Gasteiger partial charge >= 0.3 is 0 Å². The molecule has 0 radical (unpaired) electrons. The van der Waals surface area contributed by atoms with Crippen LogP contribution < -0.4 is 10.6 Å². The lowest BCUT2D eigenvalue weighted by molar-refractivity contribution is 0.191. The number of hydrogen-bond donors (Lipinski definition) is 2. The number of rotatable bonds is 4. The van der Waals surface area contributed by atoms with Crippen LogP contribution in [0.15, 0.2) is 18.3 Å². The van der Waals surface area contributed by atoms with Crippen molar-refractivity contribution in [1.82, 2.24) is 9.88 Å². The third-order valence-corrected chi connectivity index (χ3v) is 3.56. The maximum Gasteiger partial charge on any atom is 0.128 e. The number of nitrogens with two attached hydrogens (primary N) is 1. The number of aliphatic hydroxyl groups excluding tert-OH is 1. The molecule has 2 heterocycles. The summed E-state index contributed by atoms with van der Waals surface area (Å²) in [6.45, 7) is 3.53. The first-order valence-electron chi connectivity index (χ1n) is 6.78. The molecule has 0 saturated carbocycles. The molecule has 5 heteroatoms. The molecule has 2 rings (SSSR count). The van der Waals surface area contributed by atoms with Crippen molar-refractivity contribution < 1.29 is 5.11 Å². The Labute approximate surface area is 115 Å². The van der Waals surface area contributed by atoms with E-state index in [0.717, 1.165) is 24.3 Å². The number of pyridine rings is 1. The Hall–Kier alpha value is -1.17. The van der Waals surface area contributed by atoms with Gasteiger partial charge in [-0.3, -0.25) is 0 Å². The molecule has 3 unspecified atom stereocenters. The summed E-state index contributed by atoms with van der Waals surface area (Å²) in [6, 6.07) is 4.34. The fraction of sp³-hybridized carbons (Fsp3) is 0.643. The minimum Gasteiger partial charge on any atom is -0.391 e. The summed E-state index contributed by atoms with van der Waals surface area (Å²) in [7, 11) is 4.10. The third-order valence-electron chi connectivity index (χ3n) is 3.56. The molecular formula is C14H24N4O. The summed E-state index contributed by atoms with van der Waals surface area (Å²) in [5.74, 6) is 0.924. The van der Waals surface area contributed by atoms with Crippen LogP contribution in [0, 0.1) is 0 Å². The maximum absolute atomic E-state index is 9.88. The van der Waals surface area contributed by atoms with E-state index < -0.39 is 0 Å². The van der Waals surface area contributed by atoms with E-state index in [1.54, 1.807) is 0 Å². The molecule has 1 aromatic rings. The molecule has 0 bridgehead atoms. The van der Waals surface area contributed by atoms with E-state index in [1.807, 2.05) is 25.3 Å². The number of β-amino-alcohol motifs (C(OH)–C–C–N with tert-alkyl or cyclic N) is 1. The molecule has 1 aromatic heterocycles. The van der Waals surface area contributed by atoms with Gasteiger partial charge in [0.05, 0.1) is 6.10 Å². The van der Waals surface area contributed by atoms with Crippen LogP contribution in [0.2, 0.25) is 0 Å². The summed E-state index contributed by atoms with van der Waals surface area (Å²) in [5, 5.41) is 9.88. The van der Waals surface area contributed by atoms with Crippen LogP contribution >= 0.6 is 0 Å². The predicted octanol–water partition coefficient (Wildman–Crippen LogP) is 0.603. The van der Waals surface area contributed by atoms with Gasteiger partial charge in [-0.1, -0.05) is 6.07 Å². The summed E-state index contributed by atoms with van der Waals surface area (Å²) >= 11 is 0. The smallest absolute Gasteiger partial charge is 0.128 e. The van der Waals surface area contributed by atoms with Gasteiger partial charge in [-0.2, -0.15) is 0 Å². The Morgan fingerprint density at radius 2 is 2.26 bits per heavy atom. The second-order valence-electron chi connectivity index (χ2n) is 5.70. The van der Waals surface area contributed by atoms with E-state index >= 15 is 0 Å². The molecule has 3 atom stereocenters. The van der Waals surface area contributed by atoms with Gasteiger partial charge in [0, 0.05) is 31.4 Å². The van der Waals surface area contributed by atoms with Gasteiger partial charge < -0.3 is 20.6 Å². The largest absolute Gasteiger partial charge is 0.391 e. The van der Waals surface area contributed by atoms with Crippen LogP contribution in [0.4, 0.5) is 5.82 Å². The minimum absolute atomic E-state index is 0.00305. The first-order valence-corrected chi connectivity index (χ1v) is 6.78. The van der Waals surface area contributed by atoms with E-state index in [-0.39, 0.29) is 12.1 Å². The number of anilines is 1. The van der Waals surface area contributed by atoms with Gasteiger partial charge in [0.15, 0.2) is 0 Å². The first-order chi connectivity index (χ1) is 8.97. The van der Waals surface area contributed by atoms with Crippen LogP contribution in [0.3, 0.4) is 0 Å². The molecule has 0 spiro atoms. The van der Waals surface area contributed by atoms with Crippen LogP contribution in [-0.4, -0.2) is 54.3 Å². The van der Waals surface area contributed by atoms with Crippen molar-refractivity contribution in [2.24, 2.45) is 5.73 Å². The zero-order valence-corrected chi connectivity index (χ0v) is 12.0. The van der Waals surface area contributed by atoms with Crippen LogP contribution in [0.5, 0.6) is 0 Å². The minimum atomic E-state index is -0.264. The van der Waals surface area contributed by atoms with Gasteiger partial charge in [0.25, 0.3) is 0 Å². The van der Waals surface area contributed by atoms with Crippen LogP contribution in [0.1, 0.15) is 24.9 Å². The SMILES string of the molecule is CC(N)c1ccc(N2CC(O)CC2CN(C)C)nc1. The molecule has 5 nitrogen and oxygen atoms in total. The first kappa shape index (κ1) is 14.2. The lowest BCUT2D eigenvalue weighted by Crippen LogP contribution is -2.38. The third kappa shape index (κ3) is 3.43. The summed E-state index contributed by atoms with van der Waals surface area (Å²) in [4.78, 5) is 8.83. The van der Waals surface area contributed by atoms with Gasteiger partial charge in [0.2, 0.25) is 0 Å². The quantitative estimate of drug-likeness (QED) is 0.834. The molecule has 106 valence electrons. The van der Waals surface area contributed by atoms with E-state index in [1.165, 1.54) is 0 Å². The Bertz CT molecular complexity index is 404. The standard InChI is InChI=1S/C14H24N4O/c1-10(15)11-4-5-14(16-7-11)18-9-13(19)6-12(18)8-17(2)3/h4-5,7,10,12-13,19H,6,8-9,15H2,1-3H3. The molecular weight excluding hydrogens is 240 g/mol. The molecule has 0 aliphatic carbocycles. The number of hydrogen-bond acceptors (Lipinski definition) is 5. The average Bonchev–Trinajstić information content (AvgIpc) is 2.69. The Morgan fingerprint density at radius 3 is 2.79 bits per heavy atom. The number of nitrogens with zero attached hydrogens (tertiary/aromatic N) is 3. The second kappa shape index (κ2) is 5.86. The molecule has 19 heavy (non-hydrogen) atoms. The molecule has 0 amide bonds. The van der Waals surface area contributed by atoms with E-state index in [4.69, 9.17) is 5.73 Å². The molecule has 3 N–H and O–H groups in total. The van der Waals surface area contributed by atoms with Crippen molar-refractivity contribution in [3.63, 3.8) is 0 Å². The molecule has 0 aromatic carbocycles. The summed E-state index contributed by atoms with van der Waals surface area (Å²) in [6.07, 6.45) is 2.37. The van der Waals surface area contributed by atoms with Crippen molar-refractivity contribution in [2.75, 3.05) is 32.1 Å². The normalized spacial score (nSPS) is 25.1. The second-order valence-corrected chi connectivity index (χ2v) is 5.70. The number of aromatic nitrogens is 1. The zero-order valence-electron chi connectivity index (χ0n) is 12.0. The van der Waals surface area contributed by atoms with E-state index in [9.17, 15) is 5.11 Å². The number of likely N-dealkylation sites (N-methyl/N-ethyl adjacent to an activating group) is 1. The van der Waals surface area contributed by atoms with Crippen molar-refractivity contribution in [2.45, 2.75) is 31.5 Å². The monoisotopic (exact) mass is 264 g/mol. The van der Waals surface area contributed by atoms with E-state index in [0.29, 0.717) is 12.6 Å². The zero-order chi connectivity index (χ0) is 14.0. The highest BCUT2D eigenvalue weighted by atomic mass is 16.3. The highest BCUT2D eigenvalue weighted by Crippen LogP contribution is 2.25. The topological polar surface area (TPSA) is 65.6 Å². The van der Waals surface area contributed by atoms with Gasteiger partial charge in [-0.25, -0.2) is 4.98 Å². The molecule has 1 aliphatic heterocycles. The predicted molar refractivity (Wildman–Crippen MR) is 77.2 cm³/mol. The van der Waals surface area contributed by atoms with Crippen molar-refractivity contribution in [1.29, 1.82) is 0 Å². The average molecular weight is 264 g/mol. The van der Waals surface area contributed by atoms with Gasteiger partial charge in [-0.05, 0) is 39.1 Å². The molecule has 1 fully saturated rings. The van der Waals surface area contributed by atoms with Gasteiger partial charge in [0.1, 0.15) is 5.82 Å². The number of aliphatic hydroxyl groups is 1. The fourth-order valence-corrected chi connectivity index (χ4v) is 2.60. The summed E-state index contributed by atoms with van der Waals surface area (Å²) in [5.41, 5.74) is 6.87. The Kier molecular flexibility index (Phi) is 4.39. The van der Waals surface area contributed by atoms with Crippen LogP contribution in [-0.2, 0) is 0 Å². The fourth-order valence-electron chi connectivity index (χ4n) is 2.60. The highest BCUT2D eigenvalue weighted by Gasteiger charge is 2.31. The van der Waals surface area contributed by atoms with Crippen molar-refractivity contribution in [3.8, 4) is 0 Å². The van der Waals surface area contributed by atoms with Crippen molar-refractivity contribution in [3.05, 3.63) is 23.9 Å². The lowest BCUT2D eigenvalue weighted by Gasteiger charge is -2.27. The molecule has 1 saturated heterocycles. The maximum atomic E-state index is 9.88. The Morgan fingerprint density at radius 1 is 1.53 bits per heavy atom. The van der Waals surface area contributed by atoms with Gasteiger partial charge in [-0.15, -0.1) is 0 Å². The van der Waals surface area contributed by atoms with Crippen LogP contribution in [0.25, 0.3) is 0 Å². The van der Waals surface area contributed by atoms with Crippen molar-refractivity contribution >= 4 is 5.82 Å². The lowest BCUT2D eigenvalue weighted by atomic mass is 10.1. The Balaban J connectivity index is 2.14. The highest BCUT2D eigenvalue weighted by molar-refractivity contribution is 5.43.